The molecule has 1 aliphatic carbocycles. The van der Waals surface area contributed by atoms with Gasteiger partial charge in [-0.1, -0.05) is 40.0 Å². The molecule has 3 nitrogen and oxygen atoms in total. The molecule has 1 saturated carbocycles. The SMILES string of the molecule is CCCNC(CS(=O)(=O)CC1CCCC1)C(C)CC. The number of hydrogen-bond acceptors (Lipinski definition) is 3. The van der Waals surface area contributed by atoms with Crippen LogP contribution >= 0.6 is 0 Å². The first-order valence-corrected chi connectivity index (χ1v) is 9.74. The van der Waals surface area contributed by atoms with Crippen molar-refractivity contribution in [2.75, 3.05) is 18.1 Å². The maximum Gasteiger partial charge on any atom is 0.152 e. The lowest BCUT2D eigenvalue weighted by molar-refractivity contribution is 0.390. The summed E-state index contributed by atoms with van der Waals surface area (Å²) in [5, 5.41) is 3.42. The Bertz CT molecular complexity index is 334. The molecule has 19 heavy (non-hydrogen) atoms. The smallest absolute Gasteiger partial charge is 0.152 e. The molecule has 0 heterocycles. The van der Waals surface area contributed by atoms with Gasteiger partial charge in [-0.25, -0.2) is 8.42 Å². The Morgan fingerprint density at radius 3 is 2.37 bits per heavy atom. The molecule has 0 saturated heterocycles. The van der Waals surface area contributed by atoms with Crippen molar-refractivity contribution in [2.45, 2.75) is 65.3 Å². The fraction of sp³-hybridized carbons (Fsp3) is 1.00. The highest BCUT2D eigenvalue weighted by Crippen LogP contribution is 2.26. The molecule has 0 spiro atoms. The molecule has 0 aliphatic heterocycles. The van der Waals surface area contributed by atoms with E-state index in [1.54, 1.807) is 0 Å². The van der Waals surface area contributed by atoms with Crippen molar-refractivity contribution in [3.8, 4) is 0 Å². The predicted octanol–water partition coefficient (Wildman–Crippen LogP) is 3.01. The monoisotopic (exact) mass is 289 g/mol. The highest BCUT2D eigenvalue weighted by atomic mass is 32.2. The van der Waals surface area contributed by atoms with Crippen molar-refractivity contribution in [1.82, 2.24) is 5.32 Å². The third kappa shape index (κ3) is 6.26. The molecular weight excluding hydrogens is 258 g/mol. The van der Waals surface area contributed by atoms with Gasteiger partial charge in [0.05, 0.1) is 11.5 Å². The normalized spacial score (nSPS) is 20.6. The first-order chi connectivity index (χ1) is 8.98. The van der Waals surface area contributed by atoms with Gasteiger partial charge in [0.2, 0.25) is 0 Å². The second kappa shape index (κ2) is 8.25. The number of rotatable bonds is 9. The van der Waals surface area contributed by atoms with Crippen LogP contribution in [0.2, 0.25) is 0 Å². The third-order valence-electron chi connectivity index (χ3n) is 4.39. The van der Waals surface area contributed by atoms with Gasteiger partial charge in [-0.05, 0) is 37.6 Å². The summed E-state index contributed by atoms with van der Waals surface area (Å²) in [6, 6.07) is 0.122. The Kier molecular flexibility index (Phi) is 7.37. The minimum absolute atomic E-state index is 0.122. The fourth-order valence-corrected chi connectivity index (χ4v) is 5.10. The van der Waals surface area contributed by atoms with Crippen LogP contribution in [0.4, 0.5) is 0 Å². The summed E-state index contributed by atoms with van der Waals surface area (Å²) in [6.45, 7) is 7.31. The highest BCUT2D eigenvalue weighted by molar-refractivity contribution is 7.91. The van der Waals surface area contributed by atoms with Crippen LogP contribution in [0.25, 0.3) is 0 Å². The van der Waals surface area contributed by atoms with Crippen molar-refractivity contribution in [1.29, 1.82) is 0 Å². The summed E-state index contributed by atoms with van der Waals surface area (Å²) in [5.74, 6) is 1.57. The van der Waals surface area contributed by atoms with Crippen molar-refractivity contribution in [3.63, 3.8) is 0 Å². The Morgan fingerprint density at radius 2 is 1.84 bits per heavy atom. The highest BCUT2D eigenvalue weighted by Gasteiger charge is 2.27. The van der Waals surface area contributed by atoms with Gasteiger partial charge >= 0.3 is 0 Å². The Balaban J connectivity index is 2.54. The molecular formula is C15H31NO2S. The van der Waals surface area contributed by atoms with Crippen LogP contribution in [0.1, 0.15) is 59.3 Å². The largest absolute Gasteiger partial charge is 0.313 e. The summed E-state index contributed by atoms with van der Waals surface area (Å²) in [6.07, 6.45) is 6.72. The molecule has 0 aromatic carbocycles. The van der Waals surface area contributed by atoms with Crippen molar-refractivity contribution >= 4 is 9.84 Å². The van der Waals surface area contributed by atoms with E-state index in [1.165, 1.54) is 12.8 Å². The molecule has 2 atom stereocenters. The number of sulfone groups is 1. The molecule has 0 amide bonds. The molecule has 1 N–H and O–H groups in total. The van der Waals surface area contributed by atoms with E-state index < -0.39 is 9.84 Å². The molecule has 4 heteroatoms. The molecule has 1 aliphatic rings. The lowest BCUT2D eigenvalue weighted by Crippen LogP contribution is -2.42. The number of hydrogen-bond donors (Lipinski definition) is 1. The van der Waals surface area contributed by atoms with Crippen LogP contribution in [-0.4, -0.2) is 32.5 Å². The molecule has 0 aromatic heterocycles. The summed E-state index contributed by atoms with van der Waals surface area (Å²) in [4.78, 5) is 0. The van der Waals surface area contributed by atoms with E-state index in [0.29, 0.717) is 23.3 Å². The summed E-state index contributed by atoms with van der Waals surface area (Å²) < 4.78 is 24.7. The van der Waals surface area contributed by atoms with E-state index in [-0.39, 0.29) is 6.04 Å². The van der Waals surface area contributed by atoms with Crippen LogP contribution in [0.15, 0.2) is 0 Å². The fourth-order valence-electron chi connectivity index (χ4n) is 2.92. The van der Waals surface area contributed by atoms with E-state index in [4.69, 9.17) is 0 Å². The van der Waals surface area contributed by atoms with Gasteiger partial charge in [0.25, 0.3) is 0 Å². The average molecular weight is 289 g/mol. The zero-order valence-electron chi connectivity index (χ0n) is 12.8. The average Bonchev–Trinajstić information content (AvgIpc) is 2.85. The van der Waals surface area contributed by atoms with Crippen LogP contribution in [0, 0.1) is 11.8 Å². The minimum atomic E-state index is -2.91. The van der Waals surface area contributed by atoms with Crippen LogP contribution in [0.5, 0.6) is 0 Å². The Morgan fingerprint density at radius 1 is 1.21 bits per heavy atom. The van der Waals surface area contributed by atoms with Crippen LogP contribution in [0.3, 0.4) is 0 Å². The van der Waals surface area contributed by atoms with Gasteiger partial charge in [-0.3, -0.25) is 0 Å². The van der Waals surface area contributed by atoms with Gasteiger partial charge in [0.15, 0.2) is 9.84 Å². The standard InChI is InChI=1S/C15H31NO2S/c1-4-10-16-15(13(3)5-2)12-19(17,18)11-14-8-6-7-9-14/h13-16H,4-12H2,1-3H3. The van der Waals surface area contributed by atoms with E-state index in [0.717, 1.165) is 32.2 Å². The zero-order valence-corrected chi connectivity index (χ0v) is 13.6. The molecule has 0 aromatic rings. The molecule has 114 valence electrons. The van der Waals surface area contributed by atoms with Crippen molar-refractivity contribution in [2.24, 2.45) is 11.8 Å². The van der Waals surface area contributed by atoms with E-state index >= 15 is 0 Å². The van der Waals surface area contributed by atoms with Crippen LogP contribution < -0.4 is 5.32 Å². The van der Waals surface area contributed by atoms with Gasteiger partial charge in [0, 0.05) is 6.04 Å². The van der Waals surface area contributed by atoms with E-state index in [1.807, 2.05) is 0 Å². The Hall–Kier alpha value is -0.0900. The summed E-state index contributed by atoms with van der Waals surface area (Å²) >= 11 is 0. The predicted molar refractivity (Wildman–Crippen MR) is 82.1 cm³/mol. The summed E-state index contributed by atoms with van der Waals surface area (Å²) in [7, 11) is -2.91. The first-order valence-electron chi connectivity index (χ1n) is 7.92. The van der Waals surface area contributed by atoms with Gasteiger partial charge in [-0.15, -0.1) is 0 Å². The quantitative estimate of drug-likeness (QED) is 0.710. The second-order valence-electron chi connectivity index (χ2n) is 6.17. The topological polar surface area (TPSA) is 46.2 Å². The molecule has 1 fully saturated rings. The van der Waals surface area contributed by atoms with E-state index in [9.17, 15) is 8.42 Å². The molecule has 2 unspecified atom stereocenters. The van der Waals surface area contributed by atoms with Gasteiger partial charge in [-0.2, -0.15) is 0 Å². The first kappa shape index (κ1) is 17.0. The lowest BCUT2D eigenvalue weighted by atomic mass is 10.0. The maximum absolute atomic E-state index is 12.3. The third-order valence-corrected chi connectivity index (χ3v) is 6.23. The Labute approximate surface area is 119 Å². The van der Waals surface area contributed by atoms with Crippen LogP contribution in [-0.2, 0) is 9.84 Å². The molecule has 1 rings (SSSR count). The van der Waals surface area contributed by atoms with E-state index in [2.05, 4.69) is 26.1 Å². The summed E-state index contributed by atoms with van der Waals surface area (Å²) in [5.41, 5.74) is 0. The van der Waals surface area contributed by atoms with Crippen molar-refractivity contribution < 1.29 is 8.42 Å². The lowest BCUT2D eigenvalue weighted by Gasteiger charge is -2.24. The van der Waals surface area contributed by atoms with Gasteiger partial charge < -0.3 is 5.32 Å². The molecule has 0 bridgehead atoms. The van der Waals surface area contributed by atoms with Crippen molar-refractivity contribution in [3.05, 3.63) is 0 Å². The molecule has 0 radical (unpaired) electrons. The number of nitrogens with one attached hydrogen (secondary N) is 1. The second-order valence-corrected chi connectivity index (χ2v) is 8.33. The minimum Gasteiger partial charge on any atom is -0.313 e. The van der Waals surface area contributed by atoms with Gasteiger partial charge in [0.1, 0.15) is 0 Å². The zero-order chi connectivity index (χ0) is 14.3. The maximum atomic E-state index is 12.3.